The lowest BCUT2D eigenvalue weighted by Crippen LogP contribution is -2.57. The van der Waals surface area contributed by atoms with Crippen molar-refractivity contribution in [1.29, 1.82) is 0 Å². The van der Waals surface area contributed by atoms with Crippen LogP contribution in [-0.2, 0) is 27.3 Å². The van der Waals surface area contributed by atoms with E-state index in [0.717, 1.165) is 11.1 Å². The molecule has 9 heteroatoms. The Balaban J connectivity index is 1.35. The van der Waals surface area contributed by atoms with Crippen molar-refractivity contribution < 1.29 is 19.5 Å². The Morgan fingerprint density at radius 2 is 1.48 bits per heavy atom. The molecule has 0 aliphatic carbocycles. The number of fused-ring (bicyclic) bond motifs is 2. The smallest absolute Gasteiger partial charge is 0.251 e. The molecule has 0 saturated carbocycles. The molecule has 7 rings (SSSR count). The Hall–Kier alpha value is -3.85. The molecule has 4 aliphatic rings. The largest absolute Gasteiger partial charge is 0.394 e. The first kappa shape index (κ1) is 30.8. The van der Waals surface area contributed by atoms with Gasteiger partial charge in [0.1, 0.15) is 6.04 Å². The van der Waals surface area contributed by atoms with Crippen LogP contribution in [0.5, 0.6) is 0 Å². The number of rotatable bonds is 7. The quantitative estimate of drug-likeness (QED) is 0.358. The molecule has 4 heterocycles. The molecular formula is C37H36ClN3O4S. The van der Waals surface area contributed by atoms with Crippen LogP contribution < -0.4 is 4.90 Å². The molecule has 46 heavy (non-hydrogen) atoms. The molecule has 1 spiro atoms. The highest BCUT2D eigenvalue weighted by Gasteiger charge is 2.74. The third kappa shape index (κ3) is 4.98. The first-order chi connectivity index (χ1) is 22.3. The highest BCUT2D eigenvalue weighted by atomic mass is 35.5. The molecule has 7 nitrogen and oxygen atoms in total. The second kappa shape index (κ2) is 12.1. The summed E-state index contributed by atoms with van der Waals surface area (Å²) < 4.78 is -1.77. The third-order valence-corrected chi connectivity index (χ3v) is 12.0. The van der Waals surface area contributed by atoms with Crippen molar-refractivity contribution in [3.8, 4) is 0 Å². The molecule has 0 radical (unpaired) electrons. The number of thioether (sulfide) groups is 1. The molecule has 0 bridgehead atoms. The molecule has 0 aromatic heterocycles. The number of aliphatic hydroxyl groups is 1. The van der Waals surface area contributed by atoms with E-state index >= 15 is 4.79 Å². The number of carbonyl (C=O) groups excluding carboxylic acids is 3. The van der Waals surface area contributed by atoms with Gasteiger partial charge in [0.05, 0.1) is 39.9 Å². The van der Waals surface area contributed by atoms with E-state index in [-0.39, 0.29) is 30.9 Å². The fourth-order valence-electron chi connectivity index (χ4n) is 7.87. The summed E-state index contributed by atoms with van der Waals surface area (Å²) in [5.41, 5.74) is 2.51. The maximum Gasteiger partial charge on any atom is 0.251 e. The lowest BCUT2D eigenvalue weighted by molar-refractivity contribution is -0.145. The van der Waals surface area contributed by atoms with Gasteiger partial charge in [0.15, 0.2) is 0 Å². The number of amides is 3. The van der Waals surface area contributed by atoms with Crippen molar-refractivity contribution in [3.63, 3.8) is 0 Å². The number of carbonyl (C=O) groups is 3. The third-order valence-electron chi connectivity index (χ3n) is 9.86. The summed E-state index contributed by atoms with van der Waals surface area (Å²) in [4.78, 5) is 49.6. The van der Waals surface area contributed by atoms with Crippen LogP contribution in [0.15, 0.2) is 109 Å². The van der Waals surface area contributed by atoms with Gasteiger partial charge < -0.3 is 19.8 Å². The van der Waals surface area contributed by atoms with Crippen molar-refractivity contribution in [2.24, 2.45) is 11.8 Å². The number of aliphatic hydroxyl groups excluding tert-OH is 1. The van der Waals surface area contributed by atoms with Gasteiger partial charge in [-0.3, -0.25) is 14.4 Å². The van der Waals surface area contributed by atoms with Gasteiger partial charge in [0.2, 0.25) is 11.8 Å². The molecule has 2 saturated heterocycles. The number of anilines is 1. The molecular weight excluding hydrogens is 618 g/mol. The number of nitrogens with zero attached hydrogens (tertiary/aromatic N) is 3. The second-order valence-electron chi connectivity index (χ2n) is 12.7. The predicted molar refractivity (Wildman–Crippen MR) is 181 cm³/mol. The number of para-hydroxylation sites is 1. The summed E-state index contributed by atoms with van der Waals surface area (Å²) >= 11 is 8.17. The number of benzene rings is 3. The van der Waals surface area contributed by atoms with Gasteiger partial charge in [-0.1, -0.05) is 109 Å². The van der Waals surface area contributed by atoms with Crippen molar-refractivity contribution >= 4 is 46.8 Å². The lowest BCUT2D eigenvalue weighted by atomic mass is 9.74. The number of likely N-dealkylation sites (tertiary alicyclic amines) is 1. The van der Waals surface area contributed by atoms with Crippen molar-refractivity contribution in [2.45, 2.75) is 41.5 Å². The van der Waals surface area contributed by atoms with Crippen LogP contribution in [0.2, 0.25) is 5.02 Å². The monoisotopic (exact) mass is 653 g/mol. The number of hydrogen-bond donors (Lipinski definition) is 1. The van der Waals surface area contributed by atoms with E-state index in [2.05, 4.69) is 6.08 Å². The average molecular weight is 654 g/mol. The van der Waals surface area contributed by atoms with Crippen LogP contribution in [0.25, 0.3) is 0 Å². The first-order valence-electron chi connectivity index (χ1n) is 15.7. The van der Waals surface area contributed by atoms with Gasteiger partial charge >= 0.3 is 0 Å². The summed E-state index contributed by atoms with van der Waals surface area (Å²) in [6.45, 7) is 2.81. The van der Waals surface area contributed by atoms with E-state index in [1.54, 1.807) is 21.9 Å². The maximum atomic E-state index is 15.0. The van der Waals surface area contributed by atoms with Crippen molar-refractivity contribution in [3.05, 3.63) is 125 Å². The summed E-state index contributed by atoms with van der Waals surface area (Å²) in [6, 6.07) is 25.1. The molecule has 4 aliphatic heterocycles. The molecule has 3 aromatic rings. The van der Waals surface area contributed by atoms with E-state index in [9.17, 15) is 14.7 Å². The SMILES string of the molecule is C[C@@]12C=CCN(Cc3ccccc3)C(=O)[C@@H]1[C@H]1C(=O)N([C@@H](CO)Cc3ccccc3)C3C(=O)N(c4ccccc4Cl)CC=C[C@@]31S2. The minimum absolute atomic E-state index is 0.101. The number of hydrogen-bond acceptors (Lipinski definition) is 5. The molecule has 3 amide bonds. The van der Waals surface area contributed by atoms with Crippen molar-refractivity contribution in [1.82, 2.24) is 9.80 Å². The Kier molecular flexibility index (Phi) is 8.07. The fourth-order valence-corrected chi connectivity index (χ4v) is 10.3. The van der Waals surface area contributed by atoms with E-state index in [4.69, 9.17) is 11.6 Å². The van der Waals surface area contributed by atoms with Gasteiger partial charge in [-0.05, 0) is 36.6 Å². The predicted octanol–water partition coefficient (Wildman–Crippen LogP) is 5.13. The van der Waals surface area contributed by atoms with Gasteiger partial charge in [0, 0.05) is 24.4 Å². The summed E-state index contributed by atoms with van der Waals surface area (Å²) in [5, 5.41) is 11.3. The van der Waals surface area contributed by atoms with Gasteiger partial charge in [0.25, 0.3) is 5.91 Å². The van der Waals surface area contributed by atoms with Crippen molar-refractivity contribution in [2.75, 3.05) is 24.6 Å². The zero-order valence-electron chi connectivity index (χ0n) is 25.5. The summed E-state index contributed by atoms with van der Waals surface area (Å²) in [6.07, 6.45) is 8.39. The Morgan fingerprint density at radius 3 is 2.17 bits per heavy atom. The minimum atomic E-state index is -1.04. The first-order valence-corrected chi connectivity index (χ1v) is 16.9. The van der Waals surface area contributed by atoms with Crippen LogP contribution in [0.4, 0.5) is 5.69 Å². The molecule has 6 atom stereocenters. The molecule has 3 aromatic carbocycles. The standard InChI is InChI=1S/C37H36ClN3O4S/c1-36-18-10-20-39(23-26-14-6-3-7-15-26)33(43)30(36)31-34(44)41(27(24-42)22-25-12-4-2-5-13-25)32-35(45)40(21-11-19-37(31,32)46-36)29-17-9-8-16-28(29)38/h2-19,27,30-32,42H,20-24H2,1H3/t27-,30+,31+,32?,36-,37+/m1/s1. The molecule has 236 valence electrons. The molecule has 1 N–H and O–H groups in total. The van der Waals surface area contributed by atoms with Crippen LogP contribution >= 0.6 is 23.4 Å². The summed E-state index contributed by atoms with van der Waals surface area (Å²) in [7, 11) is 0. The van der Waals surface area contributed by atoms with E-state index in [0.29, 0.717) is 30.2 Å². The second-order valence-corrected chi connectivity index (χ2v) is 14.9. The lowest BCUT2D eigenvalue weighted by Gasteiger charge is -2.40. The number of halogens is 1. The summed E-state index contributed by atoms with van der Waals surface area (Å²) in [5.74, 6) is -2.16. The maximum absolute atomic E-state index is 15.0. The Labute approximate surface area is 278 Å². The average Bonchev–Trinajstić information content (AvgIpc) is 3.34. The zero-order valence-corrected chi connectivity index (χ0v) is 27.1. The van der Waals surface area contributed by atoms with Crippen LogP contribution in [-0.4, -0.2) is 73.9 Å². The molecule has 2 fully saturated rings. The molecule has 1 unspecified atom stereocenters. The van der Waals surface area contributed by atoms with Gasteiger partial charge in [-0.25, -0.2) is 0 Å². The van der Waals surface area contributed by atoms with Gasteiger partial charge in [-0.15, -0.1) is 11.8 Å². The fraction of sp³-hybridized carbons (Fsp3) is 0.324. The normalized spacial score (nSPS) is 29.3. The van der Waals surface area contributed by atoms with Crippen LogP contribution in [0.1, 0.15) is 18.1 Å². The topological polar surface area (TPSA) is 81.2 Å². The highest BCUT2D eigenvalue weighted by molar-refractivity contribution is 8.02. The van der Waals surface area contributed by atoms with E-state index in [1.165, 1.54) is 11.8 Å². The minimum Gasteiger partial charge on any atom is -0.394 e. The van der Waals surface area contributed by atoms with Gasteiger partial charge in [-0.2, -0.15) is 0 Å². The zero-order chi connectivity index (χ0) is 32.1. The Bertz CT molecular complexity index is 1720. The highest BCUT2D eigenvalue weighted by Crippen LogP contribution is 2.66. The van der Waals surface area contributed by atoms with Crippen LogP contribution in [0.3, 0.4) is 0 Å². The van der Waals surface area contributed by atoms with E-state index < -0.39 is 33.4 Å². The van der Waals surface area contributed by atoms with Crippen LogP contribution in [0, 0.1) is 11.8 Å². The van der Waals surface area contributed by atoms with E-state index in [1.807, 2.05) is 103 Å². The Morgan fingerprint density at radius 1 is 0.826 bits per heavy atom.